The van der Waals surface area contributed by atoms with Gasteiger partial charge in [-0.3, -0.25) is 9.69 Å². The van der Waals surface area contributed by atoms with Crippen molar-refractivity contribution in [3.63, 3.8) is 0 Å². The Morgan fingerprint density at radius 3 is 2.29 bits per heavy atom. The van der Waals surface area contributed by atoms with E-state index in [1.807, 2.05) is 0 Å². The van der Waals surface area contributed by atoms with Gasteiger partial charge in [-0.2, -0.15) is 8.42 Å². The Kier molecular flexibility index (Phi) is 7.32. The largest absolute Gasteiger partial charge is 0.379 e. The van der Waals surface area contributed by atoms with Gasteiger partial charge in [-0.1, -0.05) is 51.1 Å². The summed E-state index contributed by atoms with van der Waals surface area (Å²) < 4.78 is 46.9. The SMILES string of the molecule is CCC(C)(C)c1ccc(S(=O)(=O)Oc2cccc(C3(c4ccc(F)c(-c5cncnc5)c4)N=C(N)N(C)C3=O)c2)cc1. The van der Waals surface area contributed by atoms with Crippen molar-refractivity contribution in [3.05, 3.63) is 108 Å². The van der Waals surface area contributed by atoms with Gasteiger partial charge >= 0.3 is 10.1 Å². The van der Waals surface area contributed by atoms with Crippen LogP contribution in [0.3, 0.4) is 0 Å². The van der Waals surface area contributed by atoms with Crippen LogP contribution in [0, 0.1) is 5.82 Å². The fourth-order valence-electron chi connectivity index (χ4n) is 4.82. The number of carbonyl (C=O) groups is 1. The molecule has 5 rings (SSSR count). The number of likely N-dealkylation sites (N-methyl/N-ethyl adjacent to an activating group) is 1. The quantitative estimate of drug-likeness (QED) is 0.294. The Labute approximate surface area is 244 Å². The van der Waals surface area contributed by atoms with Gasteiger partial charge in [0.05, 0.1) is 0 Å². The van der Waals surface area contributed by atoms with Crippen LogP contribution in [0.5, 0.6) is 5.75 Å². The fraction of sp³-hybridized carbons (Fsp3) is 0.226. The first kappa shape index (κ1) is 28.9. The molecule has 42 heavy (non-hydrogen) atoms. The number of benzene rings is 3. The van der Waals surface area contributed by atoms with Crippen molar-refractivity contribution in [1.29, 1.82) is 0 Å². The highest BCUT2D eigenvalue weighted by Gasteiger charge is 2.50. The molecule has 1 aliphatic heterocycles. The molecule has 2 heterocycles. The summed E-state index contributed by atoms with van der Waals surface area (Å²) in [6.45, 7) is 6.24. The summed E-state index contributed by atoms with van der Waals surface area (Å²) in [7, 11) is -2.73. The fourth-order valence-corrected chi connectivity index (χ4v) is 5.74. The van der Waals surface area contributed by atoms with Gasteiger partial charge in [0.1, 0.15) is 22.8 Å². The van der Waals surface area contributed by atoms with Crippen LogP contribution in [-0.4, -0.2) is 42.2 Å². The molecule has 2 N–H and O–H groups in total. The first-order valence-electron chi connectivity index (χ1n) is 13.2. The van der Waals surface area contributed by atoms with Crippen molar-refractivity contribution in [2.75, 3.05) is 7.05 Å². The molecule has 0 bridgehead atoms. The zero-order chi connectivity index (χ0) is 30.3. The van der Waals surface area contributed by atoms with Crippen LogP contribution >= 0.6 is 0 Å². The first-order chi connectivity index (χ1) is 19.9. The molecule has 1 aromatic heterocycles. The van der Waals surface area contributed by atoms with E-state index in [-0.39, 0.29) is 33.1 Å². The van der Waals surface area contributed by atoms with Gasteiger partial charge in [-0.05, 0) is 64.9 Å². The summed E-state index contributed by atoms with van der Waals surface area (Å²) in [5, 5.41) is 0. The van der Waals surface area contributed by atoms with Gasteiger partial charge < -0.3 is 9.92 Å². The number of carbonyl (C=O) groups excluding carboxylic acids is 1. The number of hydrogen-bond donors (Lipinski definition) is 1. The summed E-state index contributed by atoms with van der Waals surface area (Å²) in [6.07, 6.45) is 5.13. The number of rotatable bonds is 8. The molecule has 4 aromatic rings. The maximum absolute atomic E-state index is 14.9. The van der Waals surface area contributed by atoms with E-state index in [9.17, 15) is 17.6 Å². The molecule has 0 saturated carbocycles. The third kappa shape index (κ3) is 5.00. The molecule has 3 aromatic carbocycles. The van der Waals surface area contributed by atoms with Crippen LogP contribution in [0.1, 0.15) is 43.9 Å². The Balaban J connectivity index is 1.57. The highest BCUT2D eigenvalue weighted by Crippen LogP contribution is 2.42. The topological polar surface area (TPSA) is 128 Å². The second-order valence-corrected chi connectivity index (χ2v) is 12.2. The van der Waals surface area contributed by atoms with Crippen molar-refractivity contribution < 1.29 is 21.8 Å². The number of nitrogens with two attached hydrogens (primary N) is 1. The summed E-state index contributed by atoms with van der Waals surface area (Å²) >= 11 is 0. The Morgan fingerprint density at radius 2 is 1.67 bits per heavy atom. The molecule has 1 unspecified atom stereocenters. The Hall–Kier alpha value is -4.64. The molecular weight excluding hydrogens is 557 g/mol. The minimum atomic E-state index is -4.21. The maximum atomic E-state index is 14.9. The lowest BCUT2D eigenvalue weighted by atomic mass is 9.81. The van der Waals surface area contributed by atoms with Crippen molar-refractivity contribution in [2.45, 2.75) is 43.0 Å². The smallest absolute Gasteiger partial charge is 0.339 e. The van der Waals surface area contributed by atoms with E-state index >= 15 is 0 Å². The predicted octanol–water partition coefficient (Wildman–Crippen LogP) is 4.77. The van der Waals surface area contributed by atoms with E-state index in [0.717, 1.165) is 12.0 Å². The molecule has 0 saturated heterocycles. The standard InChI is InChI=1S/C31H30FN5O4S/c1-5-30(2,3)21-9-12-25(13-10-21)42(39,40)41-24-8-6-7-22(15-24)31(28(38)37(4)29(33)36-31)23-11-14-27(32)26(16-23)20-17-34-19-35-18-20/h6-19H,5H2,1-4H3,(H2,33,36). The van der Waals surface area contributed by atoms with E-state index < -0.39 is 27.4 Å². The van der Waals surface area contributed by atoms with E-state index in [1.54, 1.807) is 24.3 Å². The van der Waals surface area contributed by atoms with Gasteiger partial charge in [0, 0.05) is 30.6 Å². The minimum absolute atomic E-state index is 0.00883. The lowest BCUT2D eigenvalue weighted by molar-refractivity contribution is -0.129. The molecule has 1 amide bonds. The van der Waals surface area contributed by atoms with Crippen molar-refractivity contribution in [3.8, 4) is 16.9 Å². The Bertz CT molecular complexity index is 1790. The maximum Gasteiger partial charge on any atom is 0.339 e. The second-order valence-electron chi connectivity index (χ2n) is 10.7. The average molecular weight is 588 g/mol. The third-order valence-corrected chi connectivity index (χ3v) is 9.02. The second kappa shape index (κ2) is 10.6. The van der Waals surface area contributed by atoms with Gasteiger partial charge in [0.15, 0.2) is 11.5 Å². The molecule has 0 fully saturated rings. The van der Waals surface area contributed by atoms with Crippen molar-refractivity contribution in [2.24, 2.45) is 10.7 Å². The van der Waals surface area contributed by atoms with E-state index in [1.165, 1.54) is 73.1 Å². The number of amides is 1. The molecule has 0 spiro atoms. The lowest BCUT2D eigenvalue weighted by Gasteiger charge is -2.27. The van der Waals surface area contributed by atoms with Crippen LogP contribution < -0.4 is 9.92 Å². The number of hydrogen-bond acceptors (Lipinski definition) is 8. The number of aromatic nitrogens is 2. The molecule has 0 aliphatic carbocycles. The van der Waals surface area contributed by atoms with Crippen LogP contribution in [-0.2, 0) is 25.9 Å². The van der Waals surface area contributed by atoms with E-state index in [2.05, 4.69) is 35.7 Å². The van der Waals surface area contributed by atoms with Crippen LogP contribution in [0.15, 0.2) is 95.3 Å². The first-order valence-corrected chi connectivity index (χ1v) is 14.6. The van der Waals surface area contributed by atoms with Crippen LogP contribution in [0.2, 0.25) is 0 Å². The molecule has 1 atom stereocenters. The van der Waals surface area contributed by atoms with Gasteiger partial charge in [0.2, 0.25) is 0 Å². The lowest BCUT2D eigenvalue weighted by Crippen LogP contribution is -2.41. The monoisotopic (exact) mass is 587 g/mol. The summed E-state index contributed by atoms with van der Waals surface area (Å²) in [5.41, 5.74) is 6.43. The van der Waals surface area contributed by atoms with Crippen LogP contribution in [0.25, 0.3) is 11.1 Å². The minimum Gasteiger partial charge on any atom is -0.379 e. The average Bonchev–Trinajstić information content (AvgIpc) is 3.22. The zero-order valence-electron chi connectivity index (χ0n) is 23.6. The summed E-state index contributed by atoms with van der Waals surface area (Å²) in [4.78, 5) is 27.4. The Morgan fingerprint density at radius 1 is 1.00 bits per heavy atom. The van der Waals surface area contributed by atoms with Gasteiger partial charge in [-0.15, -0.1) is 0 Å². The number of aliphatic imine (C=N–C) groups is 1. The normalized spacial score (nSPS) is 17.3. The number of nitrogens with zero attached hydrogens (tertiary/aromatic N) is 4. The molecule has 9 nitrogen and oxygen atoms in total. The summed E-state index contributed by atoms with van der Waals surface area (Å²) in [5.74, 6) is -1.13. The van der Waals surface area contributed by atoms with Gasteiger partial charge in [-0.25, -0.2) is 19.4 Å². The van der Waals surface area contributed by atoms with Crippen molar-refractivity contribution >= 4 is 22.0 Å². The molecular formula is C31H30FN5O4S. The van der Waals surface area contributed by atoms with Crippen molar-refractivity contribution in [1.82, 2.24) is 14.9 Å². The number of halogens is 1. The van der Waals surface area contributed by atoms with Gasteiger partial charge in [0.25, 0.3) is 5.91 Å². The zero-order valence-corrected chi connectivity index (χ0v) is 24.4. The molecule has 1 aliphatic rings. The third-order valence-electron chi connectivity index (χ3n) is 7.76. The van der Waals surface area contributed by atoms with E-state index in [0.29, 0.717) is 11.1 Å². The molecule has 11 heteroatoms. The highest BCUT2D eigenvalue weighted by molar-refractivity contribution is 7.87. The predicted molar refractivity (Wildman–Crippen MR) is 157 cm³/mol. The van der Waals surface area contributed by atoms with E-state index in [4.69, 9.17) is 9.92 Å². The summed E-state index contributed by atoms with van der Waals surface area (Å²) in [6, 6.07) is 16.8. The molecule has 216 valence electrons. The number of guanidine groups is 1. The molecule has 0 radical (unpaired) electrons. The highest BCUT2D eigenvalue weighted by atomic mass is 32.2. The van der Waals surface area contributed by atoms with Crippen LogP contribution in [0.4, 0.5) is 4.39 Å².